The molecule has 0 spiro atoms. The summed E-state index contributed by atoms with van der Waals surface area (Å²) in [6, 6.07) is -0.552. The molecule has 0 saturated heterocycles. The van der Waals surface area contributed by atoms with E-state index in [0.29, 0.717) is 25.9 Å². The summed E-state index contributed by atoms with van der Waals surface area (Å²) in [5.74, 6) is -0.0528. The van der Waals surface area contributed by atoms with Gasteiger partial charge in [-0.1, -0.05) is 263 Å². The topological polar surface area (TPSA) is 95.9 Å². The van der Waals surface area contributed by atoms with Gasteiger partial charge in [0.2, 0.25) is 5.91 Å². The molecule has 0 saturated carbocycles. The summed E-state index contributed by atoms with van der Waals surface area (Å²) < 4.78 is 5.46. The van der Waals surface area contributed by atoms with Gasteiger partial charge < -0.3 is 20.3 Å². The van der Waals surface area contributed by atoms with E-state index in [1.807, 2.05) is 0 Å². The number of allylic oxidation sites excluding steroid dienone is 4. The van der Waals surface area contributed by atoms with Crippen LogP contribution in [-0.2, 0) is 14.3 Å². The van der Waals surface area contributed by atoms with Crippen LogP contribution < -0.4 is 5.32 Å². The van der Waals surface area contributed by atoms with Gasteiger partial charge in [0.05, 0.1) is 25.4 Å². The largest absolute Gasteiger partial charge is 0.466 e. The van der Waals surface area contributed by atoms with E-state index in [9.17, 15) is 19.8 Å². The van der Waals surface area contributed by atoms with E-state index in [0.717, 1.165) is 57.8 Å². The molecule has 0 fully saturated rings. The van der Waals surface area contributed by atoms with Crippen LogP contribution in [0, 0.1) is 0 Å². The molecule has 0 aromatic carbocycles. The zero-order valence-corrected chi connectivity index (χ0v) is 45.1. The second-order valence-electron chi connectivity index (χ2n) is 20.7. The van der Waals surface area contributed by atoms with Crippen LogP contribution in [0.5, 0.6) is 0 Å². The van der Waals surface area contributed by atoms with Crippen molar-refractivity contribution in [2.75, 3.05) is 13.2 Å². The van der Waals surface area contributed by atoms with Gasteiger partial charge in [-0.05, 0) is 77.0 Å². The fourth-order valence-corrected chi connectivity index (χ4v) is 9.34. The van der Waals surface area contributed by atoms with Crippen LogP contribution in [0.2, 0.25) is 0 Å². The van der Waals surface area contributed by atoms with Crippen molar-refractivity contribution in [1.82, 2.24) is 5.32 Å². The molecule has 0 radical (unpaired) electrons. The Labute approximate surface area is 418 Å². The average Bonchev–Trinajstić information content (AvgIpc) is 3.33. The average molecular weight is 945 g/mol. The van der Waals surface area contributed by atoms with Gasteiger partial charge in [-0.15, -0.1) is 0 Å². The van der Waals surface area contributed by atoms with Gasteiger partial charge >= 0.3 is 5.97 Å². The zero-order valence-electron chi connectivity index (χ0n) is 45.1. The molecule has 396 valence electrons. The molecule has 2 atom stereocenters. The van der Waals surface area contributed by atoms with E-state index in [2.05, 4.69) is 43.5 Å². The van der Waals surface area contributed by atoms with Crippen LogP contribution in [-0.4, -0.2) is 47.4 Å². The number of aliphatic hydroxyl groups is 2. The number of amides is 1. The number of unbranched alkanes of at least 4 members (excludes halogenated alkanes) is 41. The minimum atomic E-state index is -0.673. The van der Waals surface area contributed by atoms with Crippen molar-refractivity contribution >= 4 is 11.9 Å². The Morgan fingerprint density at radius 1 is 0.403 bits per heavy atom. The molecule has 2 unspecified atom stereocenters. The number of carbonyl (C=O) groups is 2. The molecule has 0 aromatic rings. The van der Waals surface area contributed by atoms with E-state index in [4.69, 9.17) is 4.74 Å². The maximum atomic E-state index is 12.5. The van der Waals surface area contributed by atoms with E-state index in [1.54, 1.807) is 0 Å². The van der Waals surface area contributed by atoms with Gasteiger partial charge in [0.15, 0.2) is 0 Å². The maximum Gasteiger partial charge on any atom is 0.305 e. The SMILES string of the molecule is CCCCCC/C=C\CCCCCCCC(=O)OCCCCCCCCCCC/C=C\CCCCCCCC(=O)NC(CO)C(O)CCCCCCCCCCCCCCCCCCCCC. The lowest BCUT2D eigenvalue weighted by Gasteiger charge is -2.22. The molecule has 3 N–H and O–H groups in total. The van der Waals surface area contributed by atoms with Crippen molar-refractivity contribution in [3.63, 3.8) is 0 Å². The summed E-state index contributed by atoms with van der Waals surface area (Å²) in [6.07, 6.45) is 68.9. The first-order valence-electron chi connectivity index (χ1n) is 30.1. The Hall–Kier alpha value is -1.66. The van der Waals surface area contributed by atoms with Gasteiger partial charge in [0.1, 0.15) is 0 Å². The van der Waals surface area contributed by atoms with E-state index >= 15 is 0 Å². The molecular weight excluding hydrogens is 827 g/mol. The summed E-state index contributed by atoms with van der Waals surface area (Å²) in [5, 5.41) is 23.3. The number of esters is 1. The monoisotopic (exact) mass is 944 g/mol. The predicted octanol–water partition coefficient (Wildman–Crippen LogP) is 18.6. The van der Waals surface area contributed by atoms with E-state index < -0.39 is 12.1 Å². The van der Waals surface area contributed by atoms with Crippen LogP contribution in [0.15, 0.2) is 24.3 Å². The quantitative estimate of drug-likeness (QED) is 0.0321. The number of ether oxygens (including phenoxy) is 1. The Balaban J connectivity index is 3.45. The lowest BCUT2D eigenvalue weighted by molar-refractivity contribution is -0.143. The highest BCUT2D eigenvalue weighted by molar-refractivity contribution is 5.76. The number of nitrogens with one attached hydrogen (secondary N) is 1. The van der Waals surface area contributed by atoms with Crippen LogP contribution >= 0.6 is 0 Å². The first-order chi connectivity index (χ1) is 33.0. The van der Waals surface area contributed by atoms with Crippen LogP contribution in [0.25, 0.3) is 0 Å². The molecule has 0 heterocycles. The lowest BCUT2D eigenvalue weighted by atomic mass is 10.0. The third kappa shape index (κ3) is 53.5. The highest BCUT2D eigenvalue weighted by Gasteiger charge is 2.20. The molecule has 6 nitrogen and oxygen atoms in total. The predicted molar refractivity (Wildman–Crippen MR) is 292 cm³/mol. The highest BCUT2D eigenvalue weighted by atomic mass is 16.5. The van der Waals surface area contributed by atoms with Gasteiger partial charge in [0.25, 0.3) is 0 Å². The fourth-order valence-electron chi connectivity index (χ4n) is 9.34. The van der Waals surface area contributed by atoms with Crippen molar-refractivity contribution in [1.29, 1.82) is 0 Å². The Morgan fingerprint density at radius 3 is 1.07 bits per heavy atom. The molecule has 0 aromatic heterocycles. The van der Waals surface area contributed by atoms with Crippen molar-refractivity contribution < 1.29 is 24.5 Å². The molecule has 0 rings (SSSR count). The number of carbonyl (C=O) groups excluding carboxylic acids is 2. The lowest BCUT2D eigenvalue weighted by Crippen LogP contribution is -2.45. The highest BCUT2D eigenvalue weighted by Crippen LogP contribution is 2.17. The van der Waals surface area contributed by atoms with E-state index in [-0.39, 0.29) is 18.5 Å². The third-order valence-electron chi connectivity index (χ3n) is 14.0. The third-order valence-corrected chi connectivity index (χ3v) is 14.0. The number of hydrogen-bond acceptors (Lipinski definition) is 5. The van der Waals surface area contributed by atoms with Crippen molar-refractivity contribution in [2.24, 2.45) is 0 Å². The minimum Gasteiger partial charge on any atom is -0.466 e. The number of hydrogen-bond donors (Lipinski definition) is 3. The normalized spacial score (nSPS) is 12.7. The van der Waals surface area contributed by atoms with Crippen LogP contribution in [0.4, 0.5) is 0 Å². The van der Waals surface area contributed by atoms with Crippen molar-refractivity contribution in [2.45, 2.75) is 341 Å². The Kier molecular flexibility index (Phi) is 55.5. The molecule has 0 aliphatic heterocycles. The molecule has 1 amide bonds. The Morgan fingerprint density at radius 2 is 0.701 bits per heavy atom. The number of aliphatic hydroxyl groups excluding tert-OH is 2. The molecule has 0 aliphatic rings. The summed E-state index contributed by atoms with van der Waals surface area (Å²) >= 11 is 0. The van der Waals surface area contributed by atoms with Crippen molar-refractivity contribution in [3.05, 3.63) is 24.3 Å². The fraction of sp³-hybridized carbons (Fsp3) is 0.902. The molecular formula is C61H117NO5. The zero-order chi connectivity index (χ0) is 48.6. The first-order valence-corrected chi connectivity index (χ1v) is 30.1. The van der Waals surface area contributed by atoms with Gasteiger partial charge in [-0.25, -0.2) is 0 Å². The van der Waals surface area contributed by atoms with Crippen LogP contribution in [0.1, 0.15) is 328 Å². The van der Waals surface area contributed by atoms with Gasteiger partial charge in [-0.3, -0.25) is 9.59 Å². The summed E-state index contributed by atoms with van der Waals surface area (Å²) in [7, 11) is 0. The van der Waals surface area contributed by atoms with Gasteiger partial charge in [-0.2, -0.15) is 0 Å². The molecule has 67 heavy (non-hydrogen) atoms. The first kappa shape index (κ1) is 65.3. The second-order valence-corrected chi connectivity index (χ2v) is 20.7. The summed E-state index contributed by atoms with van der Waals surface area (Å²) in [5.41, 5.74) is 0. The standard InChI is InChI=1S/C61H117NO5/c1-3-5-7-9-11-13-15-17-18-19-20-23-26-30-33-37-41-45-49-53-59(64)58(57-63)62-60(65)54-50-46-42-38-34-31-27-24-21-22-25-28-32-36-40-44-48-52-56-67-61(66)55-51-47-43-39-35-29-16-14-12-10-8-6-4-2/h14,16,24,27,58-59,63-64H,3-13,15,17-23,25-26,28-57H2,1-2H3,(H,62,65)/b16-14-,27-24-. The summed E-state index contributed by atoms with van der Waals surface area (Å²) in [6.45, 7) is 4.94. The van der Waals surface area contributed by atoms with E-state index in [1.165, 1.54) is 238 Å². The molecule has 0 bridgehead atoms. The summed E-state index contributed by atoms with van der Waals surface area (Å²) in [4.78, 5) is 24.5. The molecule has 6 heteroatoms. The number of rotatable bonds is 56. The molecule has 0 aliphatic carbocycles. The smallest absolute Gasteiger partial charge is 0.305 e. The second kappa shape index (κ2) is 56.9. The maximum absolute atomic E-state index is 12.5. The van der Waals surface area contributed by atoms with Crippen molar-refractivity contribution in [3.8, 4) is 0 Å². The van der Waals surface area contributed by atoms with Crippen LogP contribution in [0.3, 0.4) is 0 Å². The Bertz CT molecular complexity index is 1040. The van der Waals surface area contributed by atoms with Gasteiger partial charge in [0, 0.05) is 12.8 Å². The minimum absolute atomic E-state index is 0.00586.